The smallest absolute Gasteiger partial charge is 0.261 e. The van der Waals surface area contributed by atoms with Crippen molar-refractivity contribution in [2.75, 3.05) is 26.8 Å². The highest BCUT2D eigenvalue weighted by molar-refractivity contribution is 6.21. The molecular weight excluding hydrogens is 296 g/mol. The summed E-state index contributed by atoms with van der Waals surface area (Å²) in [5, 5.41) is 2.79. The minimum absolute atomic E-state index is 0.254. The van der Waals surface area contributed by atoms with Gasteiger partial charge in [0.15, 0.2) is 0 Å². The molecule has 1 aromatic rings. The topological polar surface area (TPSA) is 75.7 Å². The maximum Gasteiger partial charge on any atom is 0.261 e. The first-order valence-electron chi connectivity index (χ1n) is 7.88. The Morgan fingerprint density at radius 1 is 1.13 bits per heavy atom. The highest BCUT2D eigenvalue weighted by Crippen LogP contribution is 2.22. The van der Waals surface area contributed by atoms with E-state index in [4.69, 9.17) is 4.74 Å². The molecule has 0 fully saturated rings. The van der Waals surface area contributed by atoms with Crippen LogP contribution in [0.4, 0.5) is 0 Å². The first kappa shape index (κ1) is 17.1. The number of imide groups is 1. The number of hydrogen-bond acceptors (Lipinski definition) is 4. The van der Waals surface area contributed by atoms with Crippen LogP contribution in [-0.4, -0.2) is 49.4 Å². The summed E-state index contributed by atoms with van der Waals surface area (Å²) in [5.74, 6) is -0.957. The van der Waals surface area contributed by atoms with Crippen molar-refractivity contribution in [1.29, 1.82) is 0 Å². The Morgan fingerprint density at radius 2 is 1.83 bits per heavy atom. The highest BCUT2D eigenvalue weighted by atomic mass is 16.5. The van der Waals surface area contributed by atoms with Crippen LogP contribution in [0, 0.1) is 0 Å². The van der Waals surface area contributed by atoms with Gasteiger partial charge in [0.05, 0.1) is 11.1 Å². The molecule has 6 heteroatoms. The SMILES string of the molecule is CCCCOCCCNC(=O)c1ccc2c(c1)C(=O)N(C)C2=O. The van der Waals surface area contributed by atoms with Crippen molar-refractivity contribution >= 4 is 17.7 Å². The molecule has 0 saturated heterocycles. The summed E-state index contributed by atoms with van der Waals surface area (Å²) in [5.41, 5.74) is 1.01. The van der Waals surface area contributed by atoms with Crippen LogP contribution >= 0.6 is 0 Å². The predicted octanol–water partition coefficient (Wildman–Crippen LogP) is 1.85. The Labute approximate surface area is 135 Å². The summed E-state index contributed by atoms with van der Waals surface area (Å²) in [6.07, 6.45) is 2.88. The number of nitrogens with one attached hydrogen (secondary N) is 1. The van der Waals surface area contributed by atoms with Crippen LogP contribution in [0.1, 0.15) is 57.3 Å². The van der Waals surface area contributed by atoms with Gasteiger partial charge in [-0.15, -0.1) is 0 Å². The number of unbranched alkanes of at least 4 members (excludes halogenated alkanes) is 1. The van der Waals surface area contributed by atoms with Crippen LogP contribution in [0.5, 0.6) is 0 Å². The Balaban J connectivity index is 1.85. The number of amides is 3. The van der Waals surface area contributed by atoms with E-state index in [0.29, 0.717) is 24.3 Å². The fraction of sp³-hybridized carbons (Fsp3) is 0.471. The third-order valence-corrected chi connectivity index (χ3v) is 3.75. The maximum absolute atomic E-state index is 12.1. The van der Waals surface area contributed by atoms with Gasteiger partial charge in [-0.05, 0) is 31.0 Å². The summed E-state index contributed by atoms with van der Waals surface area (Å²) >= 11 is 0. The summed E-state index contributed by atoms with van der Waals surface area (Å²) in [7, 11) is 1.43. The van der Waals surface area contributed by atoms with Crippen molar-refractivity contribution in [3.63, 3.8) is 0 Å². The van der Waals surface area contributed by atoms with Crippen LogP contribution in [0.2, 0.25) is 0 Å². The molecule has 0 aliphatic carbocycles. The van der Waals surface area contributed by atoms with E-state index in [2.05, 4.69) is 12.2 Å². The lowest BCUT2D eigenvalue weighted by Crippen LogP contribution is -2.25. The van der Waals surface area contributed by atoms with E-state index < -0.39 is 0 Å². The number of hydrogen-bond donors (Lipinski definition) is 1. The molecule has 3 amide bonds. The molecule has 23 heavy (non-hydrogen) atoms. The Bertz CT molecular complexity index is 613. The van der Waals surface area contributed by atoms with Crippen LogP contribution in [0.3, 0.4) is 0 Å². The quantitative estimate of drug-likeness (QED) is 0.586. The first-order chi connectivity index (χ1) is 11.1. The maximum atomic E-state index is 12.1. The van der Waals surface area contributed by atoms with Crippen molar-refractivity contribution in [3.05, 3.63) is 34.9 Å². The van der Waals surface area contributed by atoms with Crippen LogP contribution < -0.4 is 5.32 Å². The van der Waals surface area contributed by atoms with E-state index in [1.54, 1.807) is 6.07 Å². The van der Waals surface area contributed by atoms with E-state index >= 15 is 0 Å². The monoisotopic (exact) mass is 318 g/mol. The van der Waals surface area contributed by atoms with Gasteiger partial charge in [-0.2, -0.15) is 0 Å². The van der Waals surface area contributed by atoms with Gasteiger partial charge in [-0.1, -0.05) is 13.3 Å². The second-order valence-corrected chi connectivity index (χ2v) is 5.51. The zero-order chi connectivity index (χ0) is 16.8. The predicted molar refractivity (Wildman–Crippen MR) is 85.5 cm³/mol. The summed E-state index contributed by atoms with van der Waals surface area (Å²) in [6.45, 7) is 3.98. The number of fused-ring (bicyclic) bond motifs is 1. The largest absolute Gasteiger partial charge is 0.381 e. The van der Waals surface area contributed by atoms with Crippen molar-refractivity contribution in [3.8, 4) is 0 Å². The van der Waals surface area contributed by atoms with Gasteiger partial charge in [-0.3, -0.25) is 19.3 Å². The second-order valence-electron chi connectivity index (χ2n) is 5.51. The van der Waals surface area contributed by atoms with E-state index in [1.165, 1.54) is 19.2 Å². The number of nitrogens with zero attached hydrogens (tertiary/aromatic N) is 1. The number of carbonyl (C=O) groups excluding carboxylic acids is 3. The molecule has 1 heterocycles. The van der Waals surface area contributed by atoms with Crippen molar-refractivity contribution in [2.24, 2.45) is 0 Å². The molecule has 1 N–H and O–H groups in total. The van der Waals surface area contributed by atoms with Crippen molar-refractivity contribution < 1.29 is 19.1 Å². The van der Waals surface area contributed by atoms with Crippen molar-refractivity contribution in [1.82, 2.24) is 10.2 Å². The molecular formula is C17H22N2O4. The van der Waals surface area contributed by atoms with E-state index in [-0.39, 0.29) is 23.3 Å². The number of ether oxygens (including phenoxy) is 1. The minimum atomic E-state index is -0.371. The minimum Gasteiger partial charge on any atom is -0.381 e. The molecule has 0 bridgehead atoms. The molecule has 0 atom stereocenters. The lowest BCUT2D eigenvalue weighted by Gasteiger charge is -2.07. The van der Waals surface area contributed by atoms with Gasteiger partial charge < -0.3 is 10.1 Å². The van der Waals surface area contributed by atoms with Crippen LogP contribution in [-0.2, 0) is 4.74 Å². The Kier molecular flexibility index (Phi) is 5.87. The van der Waals surface area contributed by atoms with E-state index in [9.17, 15) is 14.4 Å². The van der Waals surface area contributed by atoms with E-state index in [1.807, 2.05) is 0 Å². The molecule has 1 aliphatic heterocycles. The first-order valence-corrected chi connectivity index (χ1v) is 7.88. The molecule has 1 aromatic carbocycles. The van der Waals surface area contributed by atoms with Gasteiger partial charge in [0.2, 0.25) is 0 Å². The zero-order valence-corrected chi connectivity index (χ0v) is 13.6. The molecule has 2 rings (SSSR count). The molecule has 0 unspecified atom stereocenters. The number of benzene rings is 1. The summed E-state index contributed by atoms with van der Waals surface area (Å²) in [6, 6.07) is 4.57. The fourth-order valence-electron chi connectivity index (χ4n) is 2.33. The average Bonchev–Trinajstić information content (AvgIpc) is 2.78. The lowest BCUT2D eigenvalue weighted by atomic mass is 10.1. The van der Waals surface area contributed by atoms with Gasteiger partial charge in [0.1, 0.15) is 0 Å². The molecule has 0 spiro atoms. The third kappa shape index (κ3) is 3.96. The molecule has 0 aromatic heterocycles. The van der Waals surface area contributed by atoms with Gasteiger partial charge in [0.25, 0.3) is 17.7 Å². The number of carbonyl (C=O) groups is 3. The van der Waals surface area contributed by atoms with E-state index in [0.717, 1.165) is 30.8 Å². The van der Waals surface area contributed by atoms with Crippen LogP contribution in [0.15, 0.2) is 18.2 Å². The molecule has 0 saturated carbocycles. The third-order valence-electron chi connectivity index (χ3n) is 3.75. The summed E-state index contributed by atoms with van der Waals surface area (Å²) in [4.78, 5) is 36.9. The Morgan fingerprint density at radius 3 is 2.57 bits per heavy atom. The zero-order valence-electron chi connectivity index (χ0n) is 13.6. The van der Waals surface area contributed by atoms with Gasteiger partial charge in [0, 0.05) is 32.4 Å². The Hall–Kier alpha value is -2.21. The number of rotatable bonds is 8. The van der Waals surface area contributed by atoms with Crippen molar-refractivity contribution in [2.45, 2.75) is 26.2 Å². The lowest BCUT2D eigenvalue weighted by molar-refractivity contribution is 0.0693. The second kappa shape index (κ2) is 7.87. The molecule has 6 nitrogen and oxygen atoms in total. The van der Waals surface area contributed by atoms with Gasteiger partial charge >= 0.3 is 0 Å². The average molecular weight is 318 g/mol. The molecule has 0 radical (unpaired) electrons. The standard InChI is InChI=1S/C17H22N2O4/c1-3-4-9-23-10-5-8-18-15(20)12-6-7-13-14(11-12)17(22)19(2)16(13)21/h6-7,11H,3-5,8-10H2,1-2H3,(H,18,20). The van der Waals surface area contributed by atoms with Crippen LogP contribution in [0.25, 0.3) is 0 Å². The van der Waals surface area contributed by atoms with Gasteiger partial charge in [-0.25, -0.2) is 0 Å². The normalized spacial score (nSPS) is 13.4. The highest BCUT2D eigenvalue weighted by Gasteiger charge is 2.33. The molecule has 1 aliphatic rings. The molecule has 124 valence electrons. The fourth-order valence-corrected chi connectivity index (χ4v) is 2.33. The summed E-state index contributed by atoms with van der Waals surface area (Å²) < 4.78 is 5.42.